The Bertz CT molecular complexity index is 1120. The van der Waals surface area contributed by atoms with E-state index in [2.05, 4.69) is 19.7 Å². The van der Waals surface area contributed by atoms with Gasteiger partial charge in [0.1, 0.15) is 5.75 Å². The Morgan fingerprint density at radius 3 is 2.38 bits per heavy atom. The summed E-state index contributed by atoms with van der Waals surface area (Å²) in [5.74, 6) is -0.663. The van der Waals surface area contributed by atoms with Gasteiger partial charge in [-0.1, -0.05) is 0 Å². The molecule has 0 amide bonds. The lowest BCUT2D eigenvalue weighted by molar-refractivity contribution is -0.154. The predicted molar refractivity (Wildman–Crippen MR) is 100 cm³/mol. The second kappa shape index (κ2) is 9.22. The summed E-state index contributed by atoms with van der Waals surface area (Å²) in [6.45, 7) is -3.01. The van der Waals surface area contributed by atoms with Gasteiger partial charge in [0.25, 0.3) is 0 Å². The van der Waals surface area contributed by atoms with Crippen molar-refractivity contribution < 1.29 is 44.8 Å². The molecule has 2 aromatic heterocycles. The van der Waals surface area contributed by atoms with E-state index in [1.54, 1.807) is 0 Å². The molecule has 32 heavy (non-hydrogen) atoms. The molecule has 0 saturated carbocycles. The third-order valence-corrected chi connectivity index (χ3v) is 5.02. The molecule has 7 nitrogen and oxygen atoms in total. The van der Waals surface area contributed by atoms with Gasteiger partial charge in [-0.15, -0.1) is 0 Å². The van der Waals surface area contributed by atoms with Gasteiger partial charge in [-0.25, -0.2) is 4.98 Å². The molecule has 0 saturated heterocycles. The first kappa shape index (κ1) is 23.6. The Hall–Kier alpha value is -3.03. The maximum atomic E-state index is 12.7. The third-order valence-electron chi connectivity index (χ3n) is 3.86. The van der Waals surface area contributed by atoms with Gasteiger partial charge in [0.15, 0.2) is 29.9 Å². The molecule has 174 valence electrons. The third kappa shape index (κ3) is 6.24. The van der Waals surface area contributed by atoms with Gasteiger partial charge in [0.05, 0.1) is 40.4 Å². The predicted octanol–water partition coefficient (Wildman–Crippen LogP) is 4.16. The van der Waals surface area contributed by atoms with E-state index in [4.69, 9.17) is 9.47 Å². The Balaban J connectivity index is 1.78. The summed E-state index contributed by atoms with van der Waals surface area (Å²) in [5, 5.41) is -0.0153. The molecular formula is C18H15F6N3O4S. The Labute approximate surface area is 179 Å². The molecule has 0 aliphatic carbocycles. The number of hydrogen-bond donors (Lipinski definition) is 1. The number of nitrogens with one attached hydrogen (secondary N) is 1. The standard InChI is InChI=1S/C18H15F6N3O4S/c1-29-15-13(25-5-4-14(15)31-9-18(22,23)24)7-32(28)16-26-11-3-2-10(6-12(11)27-16)30-8-17(19,20)21/h2-6H,7-9H2,1H3,(H,26,27). The fourth-order valence-corrected chi connectivity index (χ4v) is 3.60. The first-order valence-electron chi connectivity index (χ1n) is 8.74. The molecule has 1 N–H and O–H groups in total. The largest absolute Gasteiger partial charge is 0.491 e. The van der Waals surface area contributed by atoms with Gasteiger partial charge in [-0.2, -0.15) is 26.3 Å². The highest BCUT2D eigenvalue weighted by Gasteiger charge is 2.30. The lowest BCUT2D eigenvalue weighted by Gasteiger charge is -2.14. The molecule has 3 rings (SSSR count). The zero-order valence-electron chi connectivity index (χ0n) is 16.2. The highest BCUT2D eigenvalue weighted by Crippen LogP contribution is 2.32. The smallest absolute Gasteiger partial charge is 0.422 e. The van der Waals surface area contributed by atoms with E-state index < -0.39 is 36.4 Å². The summed E-state index contributed by atoms with van der Waals surface area (Å²) in [7, 11) is -0.638. The van der Waals surface area contributed by atoms with E-state index in [9.17, 15) is 30.6 Å². The Morgan fingerprint density at radius 2 is 1.72 bits per heavy atom. The lowest BCUT2D eigenvalue weighted by Crippen LogP contribution is -2.19. The van der Waals surface area contributed by atoms with Crippen molar-refractivity contribution in [1.82, 2.24) is 15.0 Å². The number of nitrogens with zero attached hydrogens (tertiary/aromatic N) is 2. The van der Waals surface area contributed by atoms with Gasteiger partial charge < -0.3 is 19.2 Å². The Kier molecular flexibility index (Phi) is 6.81. The van der Waals surface area contributed by atoms with Crippen LogP contribution in [0.2, 0.25) is 0 Å². The molecular weight excluding hydrogens is 468 g/mol. The van der Waals surface area contributed by atoms with Crippen LogP contribution in [0, 0.1) is 0 Å². The molecule has 3 aromatic rings. The molecule has 0 bridgehead atoms. The molecule has 1 atom stereocenters. The highest BCUT2D eigenvalue weighted by molar-refractivity contribution is 7.84. The van der Waals surface area contributed by atoms with Crippen LogP contribution in [0.25, 0.3) is 11.0 Å². The molecule has 0 aliphatic heterocycles. The molecule has 0 spiro atoms. The van der Waals surface area contributed by atoms with Crippen LogP contribution in [0.3, 0.4) is 0 Å². The molecule has 14 heteroatoms. The minimum atomic E-state index is -4.56. The first-order chi connectivity index (χ1) is 14.9. The number of fused-ring (bicyclic) bond motifs is 1. The van der Waals surface area contributed by atoms with E-state index in [1.807, 2.05) is 0 Å². The van der Waals surface area contributed by atoms with Crippen molar-refractivity contribution in [3.8, 4) is 17.2 Å². The number of aromatic amines is 1. The van der Waals surface area contributed by atoms with Crippen molar-refractivity contribution in [3.05, 3.63) is 36.2 Å². The van der Waals surface area contributed by atoms with Crippen molar-refractivity contribution >= 4 is 21.8 Å². The first-order valence-corrected chi connectivity index (χ1v) is 10.1. The maximum absolute atomic E-state index is 12.7. The fourth-order valence-electron chi connectivity index (χ4n) is 2.59. The van der Waals surface area contributed by atoms with Crippen LogP contribution in [-0.4, -0.2) is 51.8 Å². The van der Waals surface area contributed by atoms with Crippen LogP contribution >= 0.6 is 0 Å². The van der Waals surface area contributed by atoms with Crippen LogP contribution in [0.5, 0.6) is 17.2 Å². The van der Waals surface area contributed by atoms with Crippen LogP contribution in [0.1, 0.15) is 5.69 Å². The van der Waals surface area contributed by atoms with E-state index in [0.717, 1.165) is 0 Å². The van der Waals surface area contributed by atoms with Gasteiger partial charge in [0.2, 0.25) is 0 Å². The number of pyridine rings is 1. The molecule has 1 unspecified atom stereocenters. The van der Waals surface area contributed by atoms with Crippen LogP contribution in [0.4, 0.5) is 26.3 Å². The zero-order chi connectivity index (χ0) is 23.5. The topological polar surface area (TPSA) is 86.3 Å². The van der Waals surface area contributed by atoms with E-state index >= 15 is 0 Å². The van der Waals surface area contributed by atoms with E-state index in [1.165, 1.54) is 37.6 Å². The minimum Gasteiger partial charge on any atom is -0.491 e. The molecule has 1 aromatic carbocycles. The number of hydrogen-bond acceptors (Lipinski definition) is 6. The van der Waals surface area contributed by atoms with Crippen molar-refractivity contribution in [2.75, 3.05) is 20.3 Å². The number of aromatic nitrogens is 3. The Morgan fingerprint density at radius 1 is 1.03 bits per heavy atom. The number of ether oxygens (including phenoxy) is 3. The normalized spacial score (nSPS) is 13.2. The number of benzene rings is 1. The average molecular weight is 483 g/mol. The SMILES string of the molecule is COc1c(OCC(F)(F)F)ccnc1CS(=O)c1nc2ccc(OCC(F)(F)F)cc2[nH]1. The summed E-state index contributed by atoms with van der Waals surface area (Å²) in [6, 6.07) is 5.14. The number of methoxy groups -OCH3 is 1. The quantitative estimate of drug-likeness (QED) is 0.485. The molecule has 0 aliphatic rings. The van der Waals surface area contributed by atoms with Crippen molar-refractivity contribution in [3.63, 3.8) is 0 Å². The summed E-state index contributed by atoms with van der Waals surface area (Å²) >= 11 is 0. The maximum Gasteiger partial charge on any atom is 0.422 e. The monoisotopic (exact) mass is 483 g/mol. The summed E-state index contributed by atoms with van der Waals surface area (Å²) in [4.78, 5) is 10.8. The zero-order valence-corrected chi connectivity index (χ0v) is 17.0. The van der Waals surface area contributed by atoms with E-state index in [-0.39, 0.29) is 39.4 Å². The van der Waals surface area contributed by atoms with Gasteiger partial charge in [-0.3, -0.25) is 9.19 Å². The molecule has 0 radical (unpaired) electrons. The average Bonchev–Trinajstić information content (AvgIpc) is 3.13. The lowest BCUT2D eigenvalue weighted by atomic mass is 10.3. The summed E-state index contributed by atoms with van der Waals surface area (Å²) in [6.07, 6.45) is -7.88. The highest BCUT2D eigenvalue weighted by atomic mass is 32.2. The van der Waals surface area contributed by atoms with Crippen molar-refractivity contribution in [2.45, 2.75) is 23.3 Å². The second-order valence-corrected chi connectivity index (χ2v) is 7.67. The molecule has 0 fully saturated rings. The van der Waals surface area contributed by atoms with Crippen LogP contribution in [0.15, 0.2) is 35.6 Å². The molecule has 2 heterocycles. The summed E-state index contributed by atoms with van der Waals surface area (Å²) in [5.41, 5.74) is 0.685. The summed E-state index contributed by atoms with van der Waals surface area (Å²) < 4.78 is 101. The number of imidazole rings is 1. The van der Waals surface area contributed by atoms with E-state index in [0.29, 0.717) is 5.52 Å². The van der Waals surface area contributed by atoms with Crippen molar-refractivity contribution in [1.29, 1.82) is 0 Å². The fraction of sp³-hybridized carbons (Fsp3) is 0.333. The van der Waals surface area contributed by atoms with Crippen LogP contribution < -0.4 is 14.2 Å². The number of alkyl halides is 6. The van der Waals surface area contributed by atoms with Gasteiger partial charge in [-0.05, 0) is 12.1 Å². The number of halogens is 6. The number of rotatable bonds is 8. The van der Waals surface area contributed by atoms with Gasteiger partial charge in [0, 0.05) is 18.3 Å². The minimum absolute atomic E-state index is 0.0153. The number of H-pyrrole nitrogens is 1. The van der Waals surface area contributed by atoms with Crippen LogP contribution in [-0.2, 0) is 16.6 Å². The second-order valence-electron chi connectivity index (χ2n) is 6.31. The van der Waals surface area contributed by atoms with Gasteiger partial charge >= 0.3 is 12.4 Å². The van der Waals surface area contributed by atoms with Crippen molar-refractivity contribution in [2.24, 2.45) is 0 Å².